The van der Waals surface area contributed by atoms with Gasteiger partial charge in [-0.15, -0.1) is 0 Å². The summed E-state index contributed by atoms with van der Waals surface area (Å²) in [6.45, 7) is 0.359. The number of hydrogen-bond donors (Lipinski definition) is 1. The van der Waals surface area contributed by atoms with Crippen LogP contribution in [0.3, 0.4) is 0 Å². The Labute approximate surface area is 71.5 Å². The summed E-state index contributed by atoms with van der Waals surface area (Å²) < 4.78 is 10.1. The largest absolute Gasteiger partial charge is 0.497 e. The molecule has 0 atom stereocenters. The molecule has 0 aromatic heterocycles. The molecule has 0 aliphatic carbocycles. The van der Waals surface area contributed by atoms with Crippen molar-refractivity contribution in [3.63, 3.8) is 0 Å². The van der Waals surface area contributed by atoms with Gasteiger partial charge >= 0.3 is 0 Å². The number of aliphatic hydroxyl groups is 1. The Kier molecular flexibility index (Phi) is 3.41. The van der Waals surface area contributed by atoms with E-state index in [9.17, 15) is 0 Å². The van der Waals surface area contributed by atoms with E-state index in [0.717, 1.165) is 11.5 Å². The normalized spacial score (nSPS) is 9.50. The summed E-state index contributed by atoms with van der Waals surface area (Å²) in [5.74, 6) is 1.54. The van der Waals surface area contributed by atoms with Crippen LogP contribution in [0.1, 0.15) is 0 Å². The Morgan fingerprint density at radius 1 is 1.17 bits per heavy atom. The van der Waals surface area contributed by atoms with Crippen molar-refractivity contribution < 1.29 is 14.6 Å². The molecule has 3 nitrogen and oxygen atoms in total. The van der Waals surface area contributed by atoms with Gasteiger partial charge in [0.25, 0.3) is 0 Å². The molecule has 3 heteroatoms. The van der Waals surface area contributed by atoms with E-state index in [4.69, 9.17) is 14.6 Å². The number of methoxy groups -OCH3 is 1. The van der Waals surface area contributed by atoms with Gasteiger partial charge in [0.05, 0.1) is 13.7 Å². The second-order valence-corrected chi connectivity index (χ2v) is 2.25. The van der Waals surface area contributed by atoms with Crippen molar-refractivity contribution in [3.8, 4) is 11.5 Å². The van der Waals surface area contributed by atoms with E-state index in [2.05, 4.69) is 0 Å². The minimum Gasteiger partial charge on any atom is -0.497 e. The van der Waals surface area contributed by atoms with Crippen LogP contribution in [0.5, 0.6) is 11.5 Å². The van der Waals surface area contributed by atoms with Crippen molar-refractivity contribution in [1.29, 1.82) is 0 Å². The Morgan fingerprint density at radius 3 is 2.25 bits per heavy atom. The van der Waals surface area contributed by atoms with Gasteiger partial charge in [-0.25, -0.2) is 0 Å². The summed E-state index contributed by atoms with van der Waals surface area (Å²) in [7, 11) is 1.61. The van der Waals surface area contributed by atoms with Gasteiger partial charge in [0.2, 0.25) is 0 Å². The summed E-state index contributed by atoms with van der Waals surface area (Å²) in [5, 5.41) is 8.48. The van der Waals surface area contributed by atoms with Crippen LogP contribution in [0.4, 0.5) is 0 Å². The minimum atomic E-state index is 0.0338. The molecular formula is C9H12O3. The molecule has 0 aliphatic heterocycles. The summed E-state index contributed by atoms with van der Waals surface area (Å²) in [6.07, 6.45) is 0. The molecule has 0 amide bonds. The Bertz CT molecular complexity index is 218. The Balaban J connectivity index is 2.53. The van der Waals surface area contributed by atoms with Crippen molar-refractivity contribution in [2.24, 2.45) is 0 Å². The van der Waals surface area contributed by atoms with Crippen LogP contribution in [-0.4, -0.2) is 25.4 Å². The predicted molar refractivity (Wildman–Crippen MR) is 45.6 cm³/mol. The van der Waals surface area contributed by atoms with Crippen molar-refractivity contribution in [1.82, 2.24) is 0 Å². The highest BCUT2D eigenvalue weighted by Crippen LogP contribution is 2.16. The standard InChI is InChI=1S/C9H12O3/c1-11-8-2-4-9(5-3-8)12-7-6-10/h2-5,10H,6-7H2,1H3. The zero-order chi connectivity index (χ0) is 8.81. The lowest BCUT2D eigenvalue weighted by molar-refractivity contribution is 0.201. The molecule has 0 spiro atoms. The topological polar surface area (TPSA) is 38.7 Å². The van der Waals surface area contributed by atoms with Crippen molar-refractivity contribution >= 4 is 0 Å². The van der Waals surface area contributed by atoms with Gasteiger partial charge in [-0.2, -0.15) is 0 Å². The number of ether oxygens (including phenoxy) is 2. The lowest BCUT2D eigenvalue weighted by Crippen LogP contribution is -2.01. The number of hydrogen-bond acceptors (Lipinski definition) is 3. The molecule has 1 N–H and O–H groups in total. The third-order valence-electron chi connectivity index (χ3n) is 1.42. The Morgan fingerprint density at radius 2 is 1.75 bits per heavy atom. The number of aliphatic hydroxyl groups excluding tert-OH is 1. The fourth-order valence-corrected chi connectivity index (χ4v) is 0.835. The van der Waals surface area contributed by atoms with E-state index in [1.54, 1.807) is 19.2 Å². The van der Waals surface area contributed by atoms with Gasteiger partial charge < -0.3 is 14.6 Å². The zero-order valence-electron chi connectivity index (χ0n) is 6.99. The lowest BCUT2D eigenvalue weighted by Gasteiger charge is -2.04. The van der Waals surface area contributed by atoms with Crippen molar-refractivity contribution in [2.45, 2.75) is 0 Å². The first kappa shape index (κ1) is 8.87. The molecule has 0 saturated heterocycles. The molecule has 66 valence electrons. The van der Waals surface area contributed by atoms with E-state index in [1.165, 1.54) is 0 Å². The summed E-state index contributed by atoms with van der Waals surface area (Å²) in [4.78, 5) is 0. The van der Waals surface area contributed by atoms with E-state index in [0.29, 0.717) is 6.61 Å². The van der Waals surface area contributed by atoms with Crippen molar-refractivity contribution in [2.75, 3.05) is 20.3 Å². The monoisotopic (exact) mass is 168 g/mol. The highest BCUT2D eigenvalue weighted by Gasteiger charge is 1.93. The molecule has 0 bridgehead atoms. The number of rotatable bonds is 4. The van der Waals surface area contributed by atoms with E-state index < -0.39 is 0 Å². The molecule has 1 aromatic carbocycles. The maximum absolute atomic E-state index is 8.48. The van der Waals surface area contributed by atoms with Crippen molar-refractivity contribution in [3.05, 3.63) is 24.3 Å². The first-order chi connectivity index (χ1) is 5.86. The summed E-state index contributed by atoms with van der Waals surface area (Å²) >= 11 is 0. The molecule has 0 unspecified atom stereocenters. The van der Waals surface area contributed by atoms with Gasteiger partial charge in [0.1, 0.15) is 18.1 Å². The smallest absolute Gasteiger partial charge is 0.119 e. The molecule has 1 rings (SSSR count). The molecule has 0 fully saturated rings. The van der Waals surface area contributed by atoms with Crippen LogP contribution in [0.15, 0.2) is 24.3 Å². The summed E-state index contributed by atoms with van der Waals surface area (Å²) in [5.41, 5.74) is 0. The second kappa shape index (κ2) is 4.62. The van der Waals surface area contributed by atoms with Crippen LogP contribution in [0.25, 0.3) is 0 Å². The number of benzene rings is 1. The maximum atomic E-state index is 8.48. The lowest BCUT2D eigenvalue weighted by atomic mass is 10.3. The Hall–Kier alpha value is -1.22. The quantitative estimate of drug-likeness (QED) is 0.730. The molecule has 0 radical (unpaired) electrons. The minimum absolute atomic E-state index is 0.0338. The highest BCUT2D eigenvalue weighted by atomic mass is 16.5. The molecule has 0 aliphatic rings. The average Bonchev–Trinajstić information content (AvgIpc) is 2.15. The third kappa shape index (κ3) is 2.43. The van der Waals surface area contributed by atoms with E-state index in [1.807, 2.05) is 12.1 Å². The van der Waals surface area contributed by atoms with Gasteiger partial charge in [0.15, 0.2) is 0 Å². The van der Waals surface area contributed by atoms with Gasteiger partial charge in [-0.05, 0) is 24.3 Å². The summed E-state index contributed by atoms with van der Waals surface area (Å²) in [6, 6.07) is 7.22. The zero-order valence-corrected chi connectivity index (χ0v) is 6.99. The molecule has 0 saturated carbocycles. The van der Waals surface area contributed by atoms with Crippen LogP contribution in [0.2, 0.25) is 0 Å². The first-order valence-electron chi connectivity index (χ1n) is 3.74. The van der Waals surface area contributed by atoms with E-state index >= 15 is 0 Å². The van der Waals surface area contributed by atoms with E-state index in [-0.39, 0.29) is 6.61 Å². The van der Waals surface area contributed by atoms with Crippen LogP contribution >= 0.6 is 0 Å². The highest BCUT2D eigenvalue weighted by molar-refractivity contribution is 5.30. The van der Waals surface area contributed by atoms with Crippen LogP contribution in [-0.2, 0) is 0 Å². The molecule has 12 heavy (non-hydrogen) atoms. The second-order valence-electron chi connectivity index (χ2n) is 2.25. The SMILES string of the molecule is COc1ccc(OCCO)cc1. The average molecular weight is 168 g/mol. The third-order valence-corrected chi connectivity index (χ3v) is 1.42. The molecule has 1 aromatic rings. The maximum Gasteiger partial charge on any atom is 0.119 e. The van der Waals surface area contributed by atoms with Gasteiger partial charge in [0, 0.05) is 0 Å². The fraction of sp³-hybridized carbons (Fsp3) is 0.333. The van der Waals surface area contributed by atoms with Crippen LogP contribution in [0, 0.1) is 0 Å². The van der Waals surface area contributed by atoms with Gasteiger partial charge in [-0.1, -0.05) is 0 Å². The predicted octanol–water partition coefficient (Wildman–Crippen LogP) is 1.07. The van der Waals surface area contributed by atoms with Crippen LogP contribution < -0.4 is 9.47 Å². The fourth-order valence-electron chi connectivity index (χ4n) is 0.835. The molecule has 0 heterocycles. The molecular weight excluding hydrogens is 156 g/mol. The first-order valence-corrected chi connectivity index (χ1v) is 3.74. The van der Waals surface area contributed by atoms with Gasteiger partial charge in [-0.3, -0.25) is 0 Å².